The Balaban J connectivity index is 0.000000109. The average Bonchev–Trinajstić information content (AvgIpc) is 1.15. The molecule has 8 amide bonds. The van der Waals surface area contributed by atoms with Crippen LogP contribution in [0, 0.1) is 118 Å². The Morgan fingerprint density at radius 2 is 0.461 bits per heavy atom. The zero-order valence-electron chi connectivity index (χ0n) is 56.2. The van der Waals surface area contributed by atoms with Gasteiger partial charge in [0.2, 0.25) is 0 Å². The summed E-state index contributed by atoms with van der Waals surface area (Å²) in [4.78, 5) is 153. The van der Waals surface area contributed by atoms with Crippen molar-refractivity contribution in [1.82, 2.24) is 19.6 Å². The Morgan fingerprint density at radius 3 is 0.627 bits per heavy atom. The average molecular weight is 1560 g/mol. The summed E-state index contributed by atoms with van der Waals surface area (Å²) in [5.74, 6) is 2.64. The minimum atomic E-state index is -1.29. The van der Waals surface area contributed by atoms with Crippen molar-refractivity contribution in [2.45, 2.75) is 153 Å². The summed E-state index contributed by atoms with van der Waals surface area (Å²) in [7, 11) is 0. The second-order valence-electron chi connectivity index (χ2n) is 32.8. The maximum atomic E-state index is 12.9. The van der Waals surface area contributed by atoms with Gasteiger partial charge in [-0.1, -0.05) is 61.5 Å². The van der Waals surface area contributed by atoms with Crippen LogP contribution in [0.3, 0.4) is 0 Å². The quantitative estimate of drug-likeness (QED) is 0.0650. The number of hydrogen-bond acceptors (Lipinski definition) is 16. The van der Waals surface area contributed by atoms with Gasteiger partial charge in [0.15, 0.2) is 12.5 Å². The summed E-state index contributed by atoms with van der Waals surface area (Å²) < 4.78 is 10.6. The molecule has 0 spiro atoms. The molecule has 4 aromatic rings. The molecule has 0 unspecified atom stereocenters. The van der Waals surface area contributed by atoms with E-state index in [2.05, 4.69) is 0 Å². The van der Waals surface area contributed by atoms with Crippen molar-refractivity contribution in [3.63, 3.8) is 0 Å². The van der Waals surface area contributed by atoms with Crippen LogP contribution in [0.4, 0.5) is 0 Å². The zero-order chi connectivity index (χ0) is 68.8. The summed E-state index contributed by atoms with van der Waals surface area (Å²) in [5.41, 5.74) is 2.83. The molecule has 4 aliphatic heterocycles. The number of carboxylic acid groups (broad SMARTS) is 2. The van der Waals surface area contributed by atoms with Crippen molar-refractivity contribution in [3.8, 4) is 0 Å². The maximum Gasteiger partial charge on any atom is 2.00 e. The van der Waals surface area contributed by atoms with E-state index in [1.165, 1.54) is 48.4 Å². The fourth-order valence-electron chi connectivity index (χ4n) is 25.2. The molecule has 16 fully saturated rings. The Hall–Kier alpha value is -7.43. The van der Waals surface area contributed by atoms with E-state index in [1.807, 2.05) is 0 Å². The van der Waals surface area contributed by atoms with Crippen LogP contribution in [0.1, 0.15) is 211 Å². The number of nitrogens with zero attached hydrogens (tertiary/aromatic N) is 4. The fourth-order valence-corrected chi connectivity index (χ4v) is 25.2. The molecule has 534 valence electrons. The van der Waals surface area contributed by atoms with Gasteiger partial charge < -0.3 is 38.9 Å². The number of amides is 8. The van der Waals surface area contributed by atoms with E-state index < -0.39 is 60.1 Å². The Morgan fingerprint density at radius 1 is 0.294 bits per heavy atom. The second-order valence-corrected chi connectivity index (χ2v) is 32.8. The number of carbonyl (C=O) groups is 10. The molecule has 0 N–H and O–H groups in total. The number of carboxylic acids is 2. The number of benzene rings is 4. The SMILES string of the molecule is O=C([O-])[C@H](C1C2CC3CC(C2)CC1C3)N1C(=O)c2ccccc2C1=O.O=C([O-])[C@H](C1C2CC3CC(C2)CC1C3)N1C(=O)c2ccccc2C1=O.O=[C-]O[C@H](C1C2CC3CC(C2)CC1C3)N1C(=O)c2ccccc2C1=O.O=[C-]O[C@H](C1C2CC3CC(C2)CC1C3)N1C(=O)c2ccccc2C1=O.[Rh+2].[Rh+2]. The van der Waals surface area contributed by atoms with Gasteiger partial charge >= 0.3 is 39.0 Å². The van der Waals surface area contributed by atoms with Gasteiger partial charge in [0.05, 0.1) is 68.5 Å². The molecule has 16 saturated carbocycles. The van der Waals surface area contributed by atoms with Gasteiger partial charge in [-0.2, -0.15) is 0 Å². The minimum Gasteiger partial charge on any atom is -0.636 e. The molecule has 2 radical (unpaired) electrons. The molecule has 102 heavy (non-hydrogen) atoms. The van der Waals surface area contributed by atoms with Crippen LogP contribution in [0.15, 0.2) is 97.1 Å². The van der Waals surface area contributed by atoms with E-state index in [-0.39, 0.29) is 86.3 Å². The van der Waals surface area contributed by atoms with E-state index in [9.17, 15) is 67.7 Å². The summed E-state index contributed by atoms with van der Waals surface area (Å²) in [6.45, 7) is 3.05. The van der Waals surface area contributed by atoms with Gasteiger partial charge in [-0.3, -0.25) is 48.2 Å². The van der Waals surface area contributed by atoms with Gasteiger partial charge in [-0.05, 0) is 283 Å². The minimum absolute atomic E-state index is 0. The van der Waals surface area contributed by atoms with E-state index in [1.54, 1.807) is 97.1 Å². The molecule has 4 atom stereocenters. The van der Waals surface area contributed by atoms with Gasteiger partial charge in [-0.15, -0.1) is 0 Å². The number of hydrogen-bond donors (Lipinski definition) is 0. The van der Waals surface area contributed by atoms with Crippen molar-refractivity contribution in [3.05, 3.63) is 142 Å². The number of fused-ring (bicyclic) bond motifs is 4. The number of imide groups is 4. The first-order chi connectivity index (χ1) is 48.4. The summed E-state index contributed by atoms with van der Waals surface area (Å²) >= 11 is 0. The van der Waals surface area contributed by atoms with Crippen molar-refractivity contribution < 1.29 is 116 Å². The van der Waals surface area contributed by atoms with Crippen molar-refractivity contribution in [1.29, 1.82) is 0 Å². The molecular formula is C80H80N4O16Rh2. The van der Waals surface area contributed by atoms with E-state index in [0.717, 1.165) is 136 Å². The predicted molar refractivity (Wildman–Crippen MR) is 349 cm³/mol. The molecule has 16 bridgehead atoms. The number of aliphatic carboxylic acids is 2. The first-order valence-electron chi connectivity index (χ1n) is 36.8. The third-order valence-electron chi connectivity index (χ3n) is 27.8. The molecule has 20 nitrogen and oxygen atoms in total. The number of rotatable bonds is 14. The smallest absolute Gasteiger partial charge is 0.636 e. The van der Waals surface area contributed by atoms with Crippen LogP contribution < -0.4 is 10.2 Å². The van der Waals surface area contributed by atoms with Crippen molar-refractivity contribution >= 4 is 72.1 Å². The first kappa shape index (κ1) is 70.2. The molecule has 4 aromatic carbocycles. The van der Waals surface area contributed by atoms with Gasteiger partial charge in [0, 0.05) is 11.8 Å². The number of ether oxygens (including phenoxy) is 2. The first-order valence-corrected chi connectivity index (χ1v) is 36.8. The predicted octanol–water partition coefficient (Wildman–Crippen LogP) is 8.47. The summed E-state index contributed by atoms with van der Waals surface area (Å²) in [6, 6.07) is 24.5. The van der Waals surface area contributed by atoms with Gasteiger partial charge in [-0.25, -0.2) is 9.80 Å². The van der Waals surface area contributed by atoms with E-state index in [0.29, 0.717) is 116 Å². The Labute approximate surface area is 617 Å². The van der Waals surface area contributed by atoms with Crippen molar-refractivity contribution in [2.24, 2.45) is 118 Å². The van der Waals surface area contributed by atoms with Crippen LogP contribution in [0.5, 0.6) is 0 Å². The van der Waals surface area contributed by atoms with E-state index in [4.69, 9.17) is 9.47 Å². The van der Waals surface area contributed by atoms with Crippen LogP contribution in [0.2, 0.25) is 0 Å². The Bertz CT molecular complexity index is 3630. The molecule has 20 aliphatic rings. The van der Waals surface area contributed by atoms with Crippen LogP contribution >= 0.6 is 0 Å². The van der Waals surface area contributed by atoms with Crippen LogP contribution in [-0.2, 0) is 67.6 Å². The van der Waals surface area contributed by atoms with Crippen LogP contribution in [-0.4, -0.2) is 116 Å². The normalized spacial score (nSPS) is 35.8. The van der Waals surface area contributed by atoms with Crippen molar-refractivity contribution in [2.75, 3.05) is 0 Å². The van der Waals surface area contributed by atoms with E-state index >= 15 is 0 Å². The molecule has 0 saturated heterocycles. The monoisotopic (exact) mass is 1560 g/mol. The topological polar surface area (TPSA) is 282 Å². The largest absolute Gasteiger partial charge is 2.00 e. The third kappa shape index (κ3) is 11.6. The Kier molecular flexibility index (Phi) is 19.0. The molecule has 4 heterocycles. The molecular weight excluding hydrogens is 1480 g/mol. The summed E-state index contributed by atoms with van der Waals surface area (Å²) in [5, 5.41) is 24.2. The molecule has 0 aromatic heterocycles. The van der Waals surface area contributed by atoms with Gasteiger partial charge in [0.1, 0.15) is 0 Å². The molecule has 16 aliphatic carbocycles. The number of carbonyl (C=O) groups excluding carboxylic acids is 12. The summed E-state index contributed by atoms with van der Waals surface area (Å²) in [6.07, 6.45) is 20.8. The molecule has 22 heteroatoms. The maximum absolute atomic E-state index is 12.9. The second kappa shape index (κ2) is 27.6. The third-order valence-corrected chi connectivity index (χ3v) is 27.8. The zero-order valence-corrected chi connectivity index (χ0v) is 59.5. The fraction of sp³-hybridized carbons (Fsp3) is 0.550. The standard InChI is InChI=1S/2C20H20NO4.2C20H21NO4.2Rh/c2*22-10-25-20(17-13-6-11-5-12(8-13)9-14(17)7-11)21-18(23)15-3-1-2-4-16(15)19(21)24;2*22-18-14-3-1-2-4-15(14)19(23)21(18)17(20(24)25)16-12-6-10-5-11(8-12)9-13(16)7-10;;/h2*1-4,11-14,17,20H,5-9H2;2*1-4,10-13,16-17H,5-9H2,(H,24,25);;/q2*-1;;;2*+2/p-2/t2*11?,12?,13?,14?,17?,20-;2*10?,11?,12?,13?,16?,17-;;/m1100../s1. The van der Waals surface area contributed by atoms with Crippen LogP contribution in [0.25, 0.3) is 0 Å². The molecule has 24 rings (SSSR count). The van der Waals surface area contributed by atoms with Gasteiger partial charge in [0.25, 0.3) is 47.3 Å².